The van der Waals surface area contributed by atoms with Crippen molar-refractivity contribution in [3.05, 3.63) is 36.1 Å². The van der Waals surface area contributed by atoms with Gasteiger partial charge in [-0.15, -0.1) is 6.58 Å². The second-order valence-electron chi connectivity index (χ2n) is 5.89. The molecule has 0 aromatic heterocycles. The van der Waals surface area contributed by atoms with Crippen molar-refractivity contribution in [2.45, 2.75) is 37.0 Å². The van der Waals surface area contributed by atoms with Gasteiger partial charge in [-0.05, 0) is 11.6 Å². The molecular formula is C16H20O8S. The molecule has 0 amide bonds. The molecule has 1 saturated heterocycles. The van der Waals surface area contributed by atoms with E-state index in [1.54, 1.807) is 12.2 Å². The number of rotatable bonds is 4. The van der Waals surface area contributed by atoms with Crippen LogP contribution in [-0.2, 0) is 23.7 Å². The minimum atomic E-state index is -1.48. The Morgan fingerprint density at radius 1 is 1.28 bits per heavy atom. The van der Waals surface area contributed by atoms with Gasteiger partial charge in [0.25, 0.3) is 0 Å². The number of ether oxygens (including phenoxy) is 4. The summed E-state index contributed by atoms with van der Waals surface area (Å²) < 4.78 is 21.5. The SMILES string of the molecule is C=C[C@@H]1C2=CCOC(=O)C2=CO[C@H]1O[C@@H]1O[C@H](CS)[C@@H](O)[C@H](O)[C@H]1O. The Labute approximate surface area is 149 Å². The number of thiol groups is 1. The number of esters is 1. The standard InChI is InChI=1S/C16H20O8S/c1-2-7-8-3-4-21-14(20)9(8)5-22-15(7)24-16-13(19)12(18)11(17)10(6-25)23-16/h2-3,5,7,10-13,15-19,25H,1,4,6H2/t7-,10-,11-,12+,13-,15+,16+/m1/s1. The van der Waals surface area contributed by atoms with Crippen molar-refractivity contribution < 1.29 is 39.1 Å². The molecule has 3 heterocycles. The van der Waals surface area contributed by atoms with Gasteiger partial charge in [0, 0.05) is 5.75 Å². The van der Waals surface area contributed by atoms with Gasteiger partial charge in [-0.2, -0.15) is 12.6 Å². The van der Waals surface area contributed by atoms with Gasteiger partial charge in [0.1, 0.15) is 31.2 Å². The highest BCUT2D eigenvalue weighted by molar-refractivity contribution is 7.80. The maximum Gasteiger partial charge on any atom is 0.341 e. The molecule has 0 bridgehead atoms. The first kappa shape index (κ1) is 18.4. The summed E-state index contributed by atoms with van der Waals surface area (Å²) in [5.74, 6) is -0.866. The second-order valence-corrected chi connectivity index (χ2v) is 6.25. The van der Waals surface area contributed by atoms with E-state index >= 15 is 0 Å². The first-order valence-corrected chi connectivity index (χ1v) is 8.43. The average molecular weight is 372 g/mol. The Morgan fingerprint density at radius 2 is 2.04 bits per heavy atom. The fourth-order valence-corrected chi connectivity index (χ4v) is 3.28. The zero-order valence-electron chi connectivity index (χ0n) is 13.2. The molecule has 0 radical (unpaired) electrons. The van der Waals surface area contributed by atoms with Crippen LogP contribution in [0.15, 0.2) is 36.1 Å². The Morgan fingerprint density at radius 3 is 2.72 bits per heavy atom. The van der Waals surface area contributed by atoms with Crippen LogP contribution in [0, 0.1) is 5.92 Å². The zero-order chi connectivity index (χ0) is 18.1. The summed E-state index contributed by atoms with van der Waals surface area (Å²) in [6.07, 6.45) is -2.67. The summed E-state index contributed by atoms with van der Waals surface area (Å²) in [7, 11) is 0. The maximum atomic E-state index is 11.8. The van der Waals surface area contributed by atoms with Crippen LogP contribution in [0.4, 0.5) is 0 Å². The van der Waals surface area contributed by atoms with Crippen molar-refractivity contribution in [3.63, 3.8) is 0 Å². The molecule has 0 aliphatic carbocycles. The molecule has 0 unspecified atom stereocenters. The van der Waals surface area contributed by atoms with Crippen LogP contribution in [0.2, 0.25) is 0 Å². The van der Waals surface area contributed by atoms with Gasteiger partial charge < -0.3 is 34.3 Å². The molecule has 1 fully saturated rings. The van der Waals surface area contributed by atoms with Crippen molar-refractivity contribution in [2.75, 3.05) is 12.4 Å². The van der Waals surface area contributed by atoms with Crippen LogP contribution in [0.3, 0.4) is 0 Å². The van der Waals surface area contributed by atoms with E-state index in [2.05, 4.69) is 19.2 Å². The molecule has 0 spiro atoms. The van der Waals surface area contributed by atoms with Gasteiger partial charge >= 0.3 is 5.97 Å². The average Bonchev–Trinajstić information content (AvgIpc) is 2.62. The number of aliphatic hydroxyl groups excluding tert-OH is 3. The molecule has 3 aliphatic heterocycles. The van der Waals surface area contributed by atoms with E-state index in [-0.39, 0.29) is 17.9 Å². The molecule has 3 N–H and O–H groups in total. The van der Waals surface area contributed by atoms with Crippen molar-refractivity contribution in [1.82, 2.24) is 0 Å². The van der Waals surface area contributed by atoms with Gasteiger partial charge in [0.2, 0.25) is 6.29 Å². The summed E-state index contributed by atoms with van der Waals surface area (Å²) in [6.45, 7) is 3.87. The Hall–Kier alpha value is -1.36. The largest absolute Gasteiger partial charge is 0.471 e. The van der Waals surface area contributed by atoms with Crippen LogP contribution in [0.1, 0.15) is 0 Å². The van der Waals surface area contributed by atoms with E-state index in [9.17, 15) is 20.1 Å². The van der Waals surface area contributed by atoms with Crippen molar-refractivity contribution in [2.24, 2.45) is 5.92 Å². The van der Waals surface area contributed by atoms with E-state index in [1.807, 2.05) is 0 Å². The lowest BCUT2D eigenvalue weighted by molar-refractivity contribution is -0.329. The normalized spacial score (nSPS) is 41.0. The monoisotopic (exact) mass is 372 g/mol. The number of carbonyl (C=O) groups excluding carboxylic acids is 1. The van der Waals surface area contributed by atoms with Gasteiger partial charge in [-0.25, -0.2) is 4.79 Å². The number of hydrogen-bond donors (Lipinski definition) is 4. The molecule has 0 saturated carbocycles. The van der Waals surface area contributed by atoms with Crippen LogP contribution >= 0.6 is 12.6 Å². The molecule has 7 atom stereocenters. The first-order valence-electron chi connectivity index (χ1n) is 7.79. The molecule has 8 nitrogen and oxygen atoms in total. The number of cyclic esters (lactones) is 1. The lowest BCUT2D eigenvalue weighted by atomic mass is 9.89. The predicted molar refractivity (Wildman–Crippen MR) is 87.3 cm³/mol. The summed E-state index contributed by atoms with van der Waals surface area (Å²) in [4.78, 5) is 11.8. The Balaban J connectivity index is 1.78. The molecule has 0 aromatic rings. The highest BCUT2D eigenvalue weighted by Gasteiger charge is 2.46. The van der Waals surface area contributed by atoms with Crippen LogP contribution in [0.5, 0.6) is 0 Å². The third-order valence-electron chi connectivity index (χ3n) is 4.39. The Kier molecular flexibility index (Phi) is 5.52. The highest BCUT2D eigenvalue weighted by atomic mass is 32.1. The summed E-state index contributed by atoms with van der Waals surface area (Å²) >= 11 is 4.06. The molecule has 25 heavy (non-hydrogen) atoms. The molecule has 138 valence electrons. The van der Waals surface area contributed by atoms with Gasteiger partial charge in [0.15, 0.2) is 6.29 Å². The van der Waals surface area contributed by atoms with E-state index < -0.39 is 48.9 Å². The van der Waals surface area contributed by atoms with Gasteiger partial charge in [-0.3, -0.25) is 0 Å². The number of fused-ring (bicyclic) bond motifs is 1. The molecular weight excluding hydrogens is 352 g/mol. The lowest BCUT2D eigenvalue weighted by Crippen LogP contribution is -2.59. The van der Waals surface area contributed by atoms with Crippen LogP contribution in [-0.4, -0.2) is 70.6 Å². The quantitative estimate of drug-likeness (QED) is 0.290. The topological polar surface area (TPSA) is 115 Å². The fourth-order valence-electron chi connectivity index (χ4n) is 2.98. The lowest BCUT2D eigenvalue weighted by Gasteiger charge is -2.42. The first-order chi connectivity index (χ1) is 12.0. The minimum Gasteiger partial charge on any atom is -0.471 e. The van der Waals surface area contributed by atoms with Crippen molar-refractivity contribution in [3.8, 4) is 0 Å². The third kappa shape index (κ3) is 3.35. The van der Waals surface area contributed by atoms with Gasteiger partial charge in [0.05, 0.1) is 17.6 Å². The Bertz CT molecular complexity index is 601. The van der Waals surface area contributed by atoms with E-state index in [0.29, 0.717) is 5.57 Å². The fraction of sp³-hybridized carbons (Fsp3) is 0.562. The van der Waals surface area contributed by atoms with E-state index in [4.69, 9.17) is 18.9 Å². The van der Waals surface area contributed by atoms with Crippen LogP contribution < -0.4 is 0 Å². The third-order valence-corrected chi connectivity index (χ3v) is 4.75. The smallest absolute Gasteiger partial charge is 0.341 e. The van der Waals surface area contributed by atoms with Crippen molar-refractivity contribution >= 4 is 18.6 Å². The number of aliphatic hydroxyl groups is 3. The predicted octanol–water partition coefficient (Wildman–Crippen LogP) is -0.734. The highest BCUT2D eigenvalue weighted by Crippen LogP contribution is 2.35. The summed E-state index contributed by atoms with van der Waals surface area (Å²) in [5.41, 5.74) is 0.934. The van der Waals surface area contributed by atoms with E-state index in [0.717, 1.165) is 0 Å². The molecule has 9 heteroatoms. The maximum absolute atomic E-state index is 11.8. The van der Waals surface area contributed by atoms with Gasteiger partial charge in [-0.1, -0.05) is 6.08 Å². The summed E-state index contributed by atoms with van der Waals surface area (Å²) in [5, 5.41) is 29.9. The number of carbonyl (C=O) groups is 1. The minimum absolute atomic E-state index is 0.127. The second kappa shape index (κ2) is 7.48. The molecule has 3 rings (SSSR count). The van der Waals surface area contributed by atoms with Crippen molar-refractivity contribution in [1.29, 1.82) is 0 Å². The van der Waals surface area contributed by atoms with Crippen LogP contribution in [0.25, 0.3) is 0 Å². The molecule has 0 aromatic carbocycles. The van der Waals surface area contributed by atoms with E-state index in [1.165, 1.54) is 6.26 Å². The number of hydrogen-bond acceptors (Lipinski definition) is 9. The molecule has 3 aliphatic rings. The zero-order valence-corrected chi connectivity index (χ0v) is 14.1. The summed E-state index contributed by atoms with van der Waals surface area (Å²) in [6, 6.07) is 0.